The lowest BCUT2D eigenvalue weighted by atomic mass is 9.99. The molecule has 0 unspecified atom stereocenters. The van der Waals surface area contributed by atoms with E-state index in [2.05, 4.69) is 5.32 Å². The summed E-state index contributed by atoms with van der Waals surface area (Å²) in [4.78, 5) is 12.1. The molecule has 0 saturated carbocycles. The van der Waals surface area contributed by atoms with Gasteiger partial charge in [0.1, 0.15) is 0 Å². The second-order valence-electron chi connectivity index (χ2n) is 3.12. The predicted octanol–water partition coefficient (Wildman–Crippen LogP) is 0.226. The Labute approximate surface area is 73.9 Å². The number of nitrogens with zero attached hydrogens (tertiary/aromatic N) is 1. The molecular weight excluding hydrogens is 185 g/mol. The highest BCUT2D eigenvalue weighted by Gasteiger charge is 2.39. The average molecular weight is 196 g/mol. The lowest BCUT2D eigenvalue weighted by molar-refractivity contribution is -0.163. The summed E-state index contributed by atoms with van der Waals surface area (Å²) in [5.41, 5.74) is 0. The van der Waals surface area contributed by atoms with Crippen molar-refractivity contribution in [3.05, 3.63) is 0 Å². The van der Waals surface area contributed by atoms with E-state index in [1.165, 1.54) is 11.9 Å². The van der Waals surface area contributed by atoms with Gasteiger partial charge in [0.15, 0.2) is 0 Å². The van der Waals surface area contributed by atoms with Crippen LogP contribution in [0.5, 0.6) is 0 Å². The molecule has 0 aromatic heterocycles. The first-order chi connectivity index (χ1) is 5.92. The number of halogens is 3. The number of hydrogen-bond acceptors (Lipinski definition) is 2. The highest BCUT2D eigenvalue weighted by atomic mass is 19.4. The van der Waals surface area contributed by atoms with E-state index in [1.807, 2.05) is 0 Å². The highest BCUT2D eigenvalue weighted by Crippen LogP contribution is 2.22. The van der Waals surface area contributed by atoms with Crippen LogP contribution in [0.3, 0.4) is 0 Å². The molecule has 0 aromatic carbocycles. The first kappa shape index (κ1) is 10.3. The van der Waals surface area contributed by atoms with Crippen LogP contribution >= 0.6 is 0 Å². The molecule has 1 aliphatic rings. The summed E-state index contributed by atoms with van der Waals surface area (Å²) in [5.74, 6) is -0.453. The van der Waals surface area contributed by atoms with Crippen LogP contribution in [0, 0.1) is 5.92 Å². The molecule has 1 fully saturated rings. The van der Waals surface area contributed by atoms with E-state index in [0.29, 0.717) is 0 Å². The van der Waals surface area contributed by atoms with Crippen LogP contribution in [0.4, 0.5) is 13.2 Å². The Bertz CT molecular complexity index is 198. The molecule has 13 heavy (non-hydrogen) atoms. The summed E-state index contributed by atoms with van der Waals surface area (Å²) in [7, 11) is 1.48. The number of alkyl halides is 3. The number of nitrogens with one attached hydrogen (secondary N) is 1. The quantitative estimate of drug-likeness (QED) is 0.685. The number of carbonyl (C=O) groups excluding carboxylic acids is 1. The zero-order chi connectivity index (χ0) is 10.1. The number of hydrogen-bond donors (Lipinski definition) is 1. The van der Waals surface area contributed by atoms with E-state index in [-0.39, 0.29) is 24.9 Å². The largest absolute Gasteiger partial charge is 0.401 e. The Morgan fingerprint density at radius 2 is 2.08 bits per heavy atom. The Hall–Kier alpha value is -0.780. The SMILES string of the molecule is CNC(=O)C1CN(CC(F)(F)F)C1. The topological polar surface area (TPSA) is 32.3 Å². The molecule has 3 nitrogen and oxygen atoms in total. The maximum Gasteiger partial charge on any atom is 0.401 e. The number of rotatable bonds is 2. The van der Waals surface area contributed by atoms with Crippen molar-refractivity contribution in [3.63, 3.8) is 0 Å². The monoisotopic (exact) mass is 196 g/mol. The number of amides is 1. The first-order valence-electron chi connectivity index (χ1n) is 3.93. The van der Waals surface area contributed by atoms with Crippen LogP contribution in [-0.2, 0) is 4.79 Å². The van der Waals surface area contributed by atoms with Gasteiger partial charge in [0.05, 0.1) is 12.5 Å². The normalized spacial score (nSPS) is 19.7. The third kappa shape index (κ3) is 2.87. The standard InChI is InChI=1S/C7H11F3N2O/c1-11-6(13)5-2-12(3-5)4-7(8,9)10/h5H,2-4H2,1H3,(H,11,13). The minimum atomic E-state index is -4.16. The summed E-state index contributed by atoms with van der Waals surface area (Å²) < 4.78 is 35.4. The van der Waals surface area contributed by atoms with Crippen molar-refractivity contribution in [2.24, 2.45) is 5.92 Å². The molecular formula is C7H11F3N2O. The molecule has 0 bridgehead atoms. The molecule has 1 aliphatic heterocycles. The van der Waals surface area contributed by atoms with E-state index in [0.717, 1.165) is 0 Å². The molecule has 1 heterocycles. The van der Waals surface area contributed by atoms with Gasteiger partial charge in [-0.1, -0.05) is 0 Å². The van der Waals surface area contributed by atoms with Gasteiger partial charge in [-0.2, -0.15) is 13.2 Å². The molecule has 0 atom stereocenters. The summed E-state index contributed by atoms with van der Waals surface area (Å²) in [6.07, 6.45) is -4.16. The molecule has 0 spiro atoms. The smallest absolute Gasteiger partial charge is 0.359 e. The van der Waals surface area contributed by atoms with E-state index in [4.69, 9.17) is 0 Å². The zero-order valence-corrected chi connectivity index (χ0v) is 7.19. The van der Waals surface area contributed by atoms with Crippen molar-refractivity contribution in [2.45, 2.75) is 6.18 Å². The predicted molar refractivity (Wildman–Crippen MR) is 40.1 cm³/mol. The summed E-state index contributed by atoms with van der Waals surface area (Å²) in [6, 6.07) is 0. The van der Waals surface area contributed by atoms with Crippen LogP contribution < -0.4 is 5.32 Å². The molecule has 0 radical (unpaired) electrons. The Balaban J connectivity index is 2.22. The molecule has 1 saturated heterocycles. The fraction of sp³-hybridized carbons (Fsp3) is 0.857. The van der Waals surface area contributed by atoms with E-state index >= 15 is 0 Å². The Kier molecular flexibility index (Phi) is 2.80. The van der Waals surface area contributed by atoms with Gasteiger partial charge in [-0.3, -0.25) is 9.69 Å². The molecule has 1 amide bonds. The fourth-order valence-electron chi connectivity index (χ4n) is 1.32. The van der Waals surface area contributed by atoms with Crippen molar-refractivity contribution < 1.29 is 18.0 Å². The van der Waals surface area contributed by atoms with Gasteiger partial charge in [-0.15, -0.1) is 0 Å². The molecule has 1 rings (SSSR count). The summed E-state index contributed by atoms with van der Waals surface area (Å²) in [5, 5.41) is 2.40. The Morgan fingerprint density at radius 1 is 1.54 bits per heavy atom. The van der Waals surface area contributed by atoms with Gasteiger partial charge in [0.25, 0.3) is 0 Å². The van der Waals surface area contributed by atoms with Crippen molar-refractivity contribution in [1.29, 1.82) is 0 Å². The number of carbonyl (C=O) groups is 1. The maximum absolute atomic E-state index is 11.8. The van der Waals surface area contributed by atoms with E-state index in [1.54, 1.807) is 0 Å². The van der Waals surface area contributed by atoms with E-state index < -0.39 is 12.7 Å². The fourth-order valence-corrected chi connectivity index (χ4v) is 1.32. The van der Waals surface area contributed by atoms with Crippen molar-refractivity contribution in [1.82, 2.24) is 10.2 Å². The maximum atomic E-state index is 11.8. The number of likely N-dealkylation sites (tertiary alicyclic amines) is 1. The van der Waals surface area contributed by atoms with Crippen LogP contribution in [0.2, 0.25) is 0 Å². The van der Waals surface area contributed by atoms with Crippen molar-refractivity contribution >= 4 is 5.91 Å². The second-order valence-corrected chi connectivity index (χ2v) is 3.12. The average Bonchev–Trinajstić information content (AvgIpc) is 1.92. The van der Waals surface area contributed by atoms with Crippen LogP contribution in [0.1, 0.15) is 0 Å². The van der Waals surface area contributed by atoms with Gasteiger partial charge in [-0.05, 0) is 0 Å². The first-order valence-corrected chi connectivity index (χ1v) is 3.93. The van der Waals surface area contributed by atoms with Crippen LogP contribution in [-0.4, -0.2) is 43.7 Å². The minimum Gasteiger partial charge on any atom is -0.359 e. The van der Waals surface area contributed by atoms with Crippen molar-refractivity contribution in [2.75, 3.05) is 26.7 Å². The molecule has 76 valence electrons. The minimum absolute atomic E-state index is 0.182. The highest BCUT2D eigenvalue weighted by molar-refractivity contribution is 5.79. The van der Waals surface area contributed by atoms with E-state index in [9.17, 15) is 18.0 Å². The van der Waals surface area contributed by atoms with Gasteiger partial charge >= 0.3 is 6.18 Å². The summed E-state index contributed by atoms with van der Waals surface area (Å²) >= 11 is 0. The van der Waals surface area contributed by atoms with Crippen molar-refractivity contribution in [3.8, 4) is 0 Å². The lowest BCUT2D eigenvalue weighted by Gasteiger charge is -2.38. The Morgan fingerprint density at radius 3 is 2.46 bits per heavy atom. The molecule has 0 aromatic rings. The van der Waals surface area contributed by atoms with Crippen LogP contribution in [0.25, 0.3) is 0 Å². The third-order valence-electron chi connectivity index (χ3n) is 1.98. The molecule has 0 aliphatic carbocycles. The second kappa shape index (κ2) is 3.53. The molecule has 1 N–H and O–H groups in total. The van der Waals surface area contributed by atoms with Crippen LogP contribution in [0.15, 0.2) is 0 Å². The van der Waals surface area contributed by atoms with Gasteiger partial charge in [0, 0.05) is 20.1 Å². The third-order valence-corrected chi connectivity index (χ3v) is 1.98. The van der Waals surface area contributed by atoms with Gasteiger partial charge < -0.3 is 5.32 Å². The van der Waals surface area contributed by atoms with Gasteiger partial charge in [-0.25, -0.2) is 0 Å². The zero-order valence-electron chi connectivity index (χ0n) is 7.19. The summed E-state index contributed by atoms with van der Waals surface area (Å²) in [6.45, 7) is -0.501. The van der Waals surface area contributed by atoms with Gasteiger partial charge in [0.2, 0.25) is 5.91 Å². The lowest BCUT2D eigenvalue weighted by Crippen LogP contribution is -2.55. The molecule has 6 heteroatoms.